The maximum Gasteiger partial charge on any atom is 0.0560 e. The Kier molecular flexibility index (Phi) is 4.08. The van der Waals surface area contributed by atoms with Crippen LogP contribution in [-0.2, 0) is 6.54 Å². The Labute approximate surface area is 129 Å². The Bertz CT molecular complexity index is 715. The molecule has 2 atom stereocenters. The number of aromatic nitrogens is 2. The van der Waals surface area contributed by atoms with Crippen molar-refractivity contribution in [2.75, 3.05) is 0 Å². The molecule has 3 rings (SSSR count). The van der Waals surface area contributed by atoms with Crippen molar-refractivity contribution in [2.24, 2.45) is 0 Å². The molecule has 4 heteroatoms. The Balaban J connectivity index is 1.74. The Hall–Kier alpha value is -1.65. The molecule has 3 aromatic rings. The van der Waals surface area contributed by atoms with Crippen molar-refractivity contribution >= 4 is 21.4 Å². The van der Waals surface area contributed by atoms with Gasteiger partial charge in [0.05, 0.1) is 6.54 Å². The highest BCUT2D eigenvalue weighted by atomic mass is 32.1. The SMILES string of the molecule is Cc1c(C(C)NC(C)Cn2cccn2)sc2ccccc12. The molecule has 1 N–H and O–H groups in total. The first-order valence-corrected chi connectivity index (χ1v) is 8.18. The van der Waals surface area contributed by atoms with E-state index in [4.69, 9.17) is 0 Å². The first-order chi connectivity index (χ1) is 10.1. The second kappa shape index (κ2) is 6.00. The van der Waals surface area contributed by atoms with Gasteiger partial charge in [0.25, 0.3) is 0 Å². The average Bonchev–Trinajstić information content (AvgIpc) is 3.07. The molecule has 0 saturated carbocycles. The molecule has 1 aromatic carbocycles. The van der Waals surface area contributed by atoms with Gasteiger partial charge in [-0.1, -0.05) is 18.2 Å². The van der Waals surface area contributed by atoms with Crippen LogP contribution in [0.2, 0.25) is 0 Å². The molecule has 0 spiro atoms. The third kappa shape index (κ3) is 3.01. The molecule has 0 aliphatic carbocycles. The van der Waals surface area contributed by atoms with Crippen LogP contribution in [0.15, 0.2) is 42.7 Å². The molecule has 2 aromatic heterocycles. The third-order valence-electron chi connectivity index (χ3n) is 3.83. The molecule has 2 unspecified atom stereocenters. The van der Waals surface area contributed by atoms with Crippen LogP contribution in [0.1, 0.15) is 30.3 Å². The largest absolute Gasteiger partial charge is 0.305 e. The zero-order valence-electron chi connectivity index (χ0n) is 12.7. The highest BCUT2D eigenvalue weighted by Crippen LogP contribution is 2.34. The highest BCUT2D eigenvalue weighted by molar-refractivity contribution is 7.19. The van der Waals surface area contributed by atoms with E-state index in [0.29, 0.717) is 12.1 Å². The van der Waals surface area contributed by atoms with E-state index in [1.807, 2.05) is 34.5 Å². The van der Waals surface area contributed by atoms with E-state index in [9.17, 15) is 0 Å². The van der Waals surface area contributed by atoms with E-state index >= 15 is 0 Å². The van der Waals surface area contributed by atoms with Crippen LogP contribution in [0.3, 0.4) is 0 Å². The van der Waals surface area contributed by atoms with E-state index < -0.39 is 0 Å². The smallest absolute Gasteiger partial charge is 0.0560 e. The van der Waals surface area contributed by atoms with Crippen molar-refractivity contribution in [3.05, 3.63) is 53.2 Å². The quantitative estimate of drug-likeness (QED) is 0.767. The summed E-state index contributed by atoms with van der Waals surface area (Å²) in [6.45, 7) is 7.57. The summed E-state index contributed by atoms with van der Waals surface area (Å²) in [6, 6.07) is 11.3. The van der Waals surface area contributed by atoms with Crippen molar-refractivity contribution in [1.29, 1.82) is 0 Å². The van der Waals surface area contributed by atoms with E-state index in [-0.39, 0.29) is 0 Å². The van der Waals surface area contributed by atoms with E-state index in [0.717, 1.165) is 6.54 Å². The number of hydrogen-bond acceptors (Lipinski definition) is 3. The van der Waals surface area contributed by atoms with Gasteiger partial charge in [-0.05, 0) is 43.9 Å². The summed E-state index contributed by atoms with van der Waals surface area (Å²) >= 11 is 1.90. The van der Waals surface area contributed by atoms with E-state index in [1.165, 1.54) is 20.5 Å². The third-order valence-corrected chi connectivity index (χ3v) is 5.28. The predicted molar refractivity (Wildman–Crippen MR) is 89.8 cm³/mol. The lowest BCUT2D eigenvalue weighted by Gasteiger charge is -2.20. The van der Waals surface area contributed by atoms with E-state index in [2.05, 4.69) is 55.5 Å². The van der Waals surface area contributed by atoms with Gasteiger partial charge in [0.1, 0.15) is 0 Å². The second-order valence-corrected chi connectivity index (χ2v) is 6.69. The summed E-state index contributed by atoms with van der Waals surface area (Å²) in [5.41, 5.74) is 1.40. The molecule has 0 fully saturated rings. The summed E-state index contributed by atoms with van der Waals surface area (Å²) in [5, 5.41) is 9.33. The molecular weight excluding hydrogens is 278 g/mol. The molecule has 0 radical (unpaired) electrons. The topological polar surface area (TPSA) is 29.9 Å². The van der Waals surface area contributed by atoms with Gasteiger partial charge in [-0.25, -0.2) is 0 Å². The summed E-state index contributed by atoms with van der Waals surface area (Å²) < 4.78 is 3.35. The Morgan fingerprint density at radius 3 is 2.76 bits per heavy atom. The fourth-order valence-corrected chi connectivity index (χ4v) is 4.07. The van der Waals surface area contributed by atoms with Crippen LogP contribution in [0.5, 0.6) is 0 Å². The van der Waals surface area contributed by atoms with E-state index in [1.54, 1.807) is 0 Å². The number of rotatable bonds is 5. The van der Waals surface area contributed by atoms with Crippen molar-refractivity contribution in [2.45, 2.75) is 39.4 Å². The summed E-state index contributed by atoms with van der Waals surface area (Å²) in [7, 11) is 0. The fraction of sp³-hybridized carbons (Fsp3) is 0.353. The number of thiophene rings is 1. The van der Waals surface area contributed by atoms with Gasteiger partial charge in [-0.3, -0.25) is 4.68 Å². The summed E-state index contributed by atoms with van der Waals surface area (Å²) in [6.07, 6.45) is 3.83. The summed E-state index contributed by atoms with van der Waals surface area (Å²) in [5.74, 6) is 0. The van der Waals surface area contributed by atoms with Crippen molar-refractivity contribution < 1.29 is 0 Å². The average molecular weight is 299 g/mol. The predicted octanol–water partition coefficient (Wildman–Crippen LogP) is 4.15. The van der Waals surface area contributed by atoms with Gasteiger partial charge < -0.3 is 5.32 Å². The number of hydrogen-bond donors (Lipinski definition) is 1. The number of nitrogens with one attached hydrogen (secondary N) is 1. The molecule has 3 nitrogen and oxygen atoms in total. The maximum absolute atomic E-state index is 4.27. The number of nitrogens with zero attached hydrogens (tertiary/aromatic N) is 2. The molecular formula is C17H21N3S. The molecule has 0 aliphatic heterocycles. The van der Waals surface area contributed by atoms with Crippen molar-refractivity contribution in [3.8, 4) is 0 Å². The van der Waals surface area contributed by atoms with Gasteiger partial charge in [0, 0.05) is 34.1 Å². The lowest BCUT2D eigenvalue weighted by molar-refractivity contribution is 0.415. The van der Waals surface area contributed by atoms with Crippen LogP contribution < -0.4 is 5.32 Å². The molecule has 0 bridgehead atoms. The first-order valence-electron chi connectivity index (χ1n) is 7.36. The lowest BCUT2D eigenvalue weighted by atomic mass is 10.1. The second-order valence-electron chi connectivity index (χ2n) is 5.60. The minimum Gasteiger partial charge on any atom is -0.305 e. The van der Waals surface area contributed by atoms with Crippen molar-refractivity contribution in [1.82, 2.24) is 15.1 Å². The fourth-order valence-electron chi connectivity index (χ4n) is 2.85. The monoisotopic (exact) mass is 299 g/mol. The van der Waals surface area contributed by atoms with Gasteiger partial charge >= 0.3 is 0 Å². The van der Waals surface area contributed by atoms with Crippen LogP contribution in [0, 0.1) is 6.92 Å². The maximum atomic E-state index is 4.27. The first kappa shape index (κ1) is 14.3. The van der Waals surface area contributed by atoms with Crippen LogP contribution >= 0.6 is 11.3 Å². The molecule has 0 amide bonds. The molecule has 2 heterocycles. The number of fused-ring (bicyclic) bond motifs is 1. The standard InChI is InChI=1S/C17H21N3S/c1-12(11-20-10-6-9-18-20)19-14(3)17-13(2)15-7-4-5-8-16(15)21-17/h4-10,12,14,19H,11H2,1-3H3. The van der Waals surface area contributed by atoms with Crippen LogP contribution in [0.25, 0.3) is 10.1 Å². The normalized spacial score (nSPS) is 14.4. The van der Waals surface area contributed by atoms with Crippen LogP contribution in [0.4, 0.5) is 0 Å². The minimum atomic E-state index is 0.355. The van der Waals surface area contributed by atoms with Gasteiger partial charge in [0.15, 0.2) is 0 Å². The van der Waals surface area contributed by atoms with Gasteiger partial charge in [-0.15, -0.1) is 11.3 Å². The zero-order chi connectivity index (χ0) is 14.8. The Morgan fingerprint density at radius 1 is 1.24 bits per heavy atom. The molecule has 0 aliphatic rings. The van der Waals surface area contributed by atoms with Crippen LogP contribution in [-0.4, -0.2) is 15.8 Å². The molecule has 21 heavy (non-hydrogen) atoms. The summed E-state index contributed by atoms with van der Waals surface area (Å²) in [4.78, 5) is 1.43. The zero-order valence-corrected chi connectivity index (χ0v) is 13.5. The van der Waals surface area contributed by atoms with Crippen molar-refractivity contribution in [3.63, 3.8) is 0 Å². The highest BCUT2D eigenvalue weighted by Gasteiger charge is 2.16. The lowest BCUT2D eigenvalue weighted by Crippen LogP contribution is -2.32. The van der Waals surface area contributed by atoms with Gasteiger partial charge in [0.2, 0.25) is 0 Å². The molecule has 110 valence electrons. The number of aryl methyl sites for hydroxylation is 1. The molecule has 0 saturated heterocycles. The Morgan fingerprint density at radius 2 is 2.05 bits per heavy atom. The van der Waals surface area contributed by atoms with Gasteiger partial charge in [-0.2, -0.15) is 5.10 Å². The minimum absolute atomic E-state index is 0.355. The number of benzene rings is 1.